The van der Waals surface area contributed by atoms with E-state index in [0.29, 0.717) is 39.0 Å². The fraction of sp³-hybridized carbons (Fsp3) is 0.0870. The number of benzene rings is 3. The van der Waals surface area contributed by atoms with Gasteiger partial charge in [0.05, 0.1) is 15.8 Å². The minimum Gasteiger partial charge on any atom is -0.416 e. The standard InChI is InChI=1S/C23H17Cl2N3O2S/c24-19-10-9-15(11-20(19)25)13-31-14-21(29)26-18-8-4-7-17(12-18)23-28-27-22(30-23)16-5-2-1-3-6-16/h1-12H,13-14H2,(H,26,29). The summed E-state index contributed by atoms with van der Waals surface area (Å²) in [6.07, 6.45) is 0. The van der Waals surface area contributed by atoms with Crippen molar-refractivity contribution < 1.29 is 9.21 Å². The maximum atomic E-state index is 12.3. The fourth-order valence-electron chi connectivity index (χ4n) is 2.86. The highest BCUT2D eigenvalue weighted by Gasteiger charge is 2.11. The van der Waals surface area contributed by atoms with Gasteiger partial charge in [0.1, 0.15) is 0 Å². The number of anilines is 1. The van der Waals surface area contributed by atoms with E-state index in [9.17, 15) is 4.79 Å². The van der Waals surface area contributed by atoms with Crippen molar-refractivity contribution in [3.8, 4) is 22.9 Å². The van der Waals surface area contributed by atoms with Crippen molar-refractivity contribution >= 4 is 46.6 Å². The molecule has 4 rings (SSSR count). The van der Waals surface area contributed by atoms with Crippen LogP contribution in [-0.2, 0) is 10.5 Å². The summed E-state index contributed by atoms with van der Waals surface area (Å²) in [7, 11) is 0. The molecule has 31 heavy (non-hydrogen) atoms. The monoisotopic (exact) mass is 469 g/mol. The van der Waals surface area contributed by atoms with Crippen LogP contribution in [0.3, 0.4) is 0 Å². The maximum Gasteiger partial charge on any atom is 0.248 e. The first-order valence-electron chi connectivity index (χ1n) is 9.39. The van der Waals surface area contributed by atoms with E-state index in [1.54, 1.807) is 6.07 Å². The Balaban J connectivity index is 1.35. The molecule has 0 aliphatic rings. The van der Waals surface area contributed by atoms with Gasteiger partial charge in [-0.15, -0.1) is 22.0 Å². The highest BCUT2D eigenvalue weighted by atomic mass is 35.5. The van der Waals surface area contributed by atoms with Crippen molar-refractivity contribution in [2.45, 2.75) is 5.75 Å². The van der Waals surface area contributed by atoms with E-state index in [-0.39, 0.29) is 5.91 Å². The van der Waals surface area contributed by atoms with E-state index in [1.165, 1.54) is 11.8 Å². The second-order valence-corrected chi connectivity index (χ2v) is 8.45. The molecule has 3 aromatic carbocycles. The molecule has 1 heterocycles. The Morgan fingerprint density at radius 3 is 2.39 bits per heavy atom. The van der Waals surface area contributed by atoms with Crippen molar-refractivity contribution in [1.82, 2.24) is 10.2 Å². The molecule has 0 radical (unpaired) electrons. The van der Waals surface area contributed by atoms with E-state index in [1.807, 2.05) is 66.7 Å². The number of rotatable bonds is 7. The van der Waals surface area contributed by atoms with Gasteiger partial charge in [-0.25, -0.2) is 0 Å². The van der Waals surface area contributed by atoms with Gasteiger partial charge in [0.25, 0.3) is 0 Å². The lowest BCUT2D eigenvalue weighted by Gasteiger charge is -2.07. The number of carbonyl (C=O) groups excluding carboxylic acids is 1. The molecule has 0 aliphatic heterocycles. The SMILES string of the molecule is O=C(CSCc1ccc(Cl)c(Cl)c1)Nc1cccc(-c2nnc(-c3ccccc3)o2)c1. The number of nitrogens with one attached hydrogen (secondary N) is 1. The van der Waals surface area contributed by atoms with E-state index in [0.717, 1.165) is 16.7 Å². The number of carbonyl (C=O) groups is 1. The van der Waals surface area contributed by atoms with Crippen molar-refractivity contribution in [3.63, 3.8) is 0 Å². The van der Waals surface area contributed by atoms with Crippen LogP contribution in [0.1, 0.15) is 5.56 Å². The van der Waals surface area contributed by atoms with Gasteiger partial charge in [-0.3, -0.25) is 4.79 Å². The third kappa shape index (κ3) is 5.67. The molecule has 0 spiro atoms. The summed E-state index contributed by atoms with van der Waals surface area (Å²) in [6.45, 7) is 0. The second kappa shape index (κ2) is 10.0. The first-order chi connectivity index (χ1) is 15.1. The molecule has 0 aliphatic carbocycles. The molecule has 0 saturated heterocycles. The van der Waals surface area contributed by atoms with Gasteiger partial charge in [-0.2, -0.15) is 0 Å². The molecule has 8 heteroatoms. The zero-order chi connectivity index (χ0) is 21.6. The number of hydrogen-bond acceptors (Lipinski definition) is 5. The lowest BCUT2D eigenvalue weighted by atomic mass is 10.2. The highest BCUT2D eigenvalue weighted by Crippen LogP contribution is 2.26. The summed E-state index contributed by atoms with van der Waals surface area (Å²) in [5, 5.41) is 12.2. The molecule has 0 atom stereocenters. The molecule has 1 N–H and O–H groups in total. The van der Waals surface area contributed by atoms with Crippen LogP contribution < -0.4 is 5.32 Å². The first kappa shape index (κ1) is 21.4. The van der Waals surface area contributed by atoms with Crippen molar-refractivity contribution in [2.24, 2.45) is 0 Å². The van der Waals surface area contributed by atoms with Gasteiger partial charge < -0.3 is 9.73 Å². The third-order valence-electron chi connectivity index (χ3n) is 4.32. The average molecular weight is 470 g/mol. The lowest BCUT2D eigenvalue weighted by Crippen LogP contribution is -2.14. The molecule has 4 aromatic rings. The van der Waals surface area contributed by atoms with Gasteiger partial charge in [0.2, 0.25) is 17.7 Å². The van der Waals surface area contributed by atoms with Crippen LogP contribution in [0.2, 0.25) is 10.0 Å². The highest BCUT2D eigenvalue weighted by molar-refractivity contribution is 7.99. The summed E-state index contributed by atoms with van der Waals surface area (Å²) in [4.78, 5) is 12.3. The van der Waals surface area contributed by atoms with Crippen LogP contribution in [-0.4, -0.2) is 21.9 Å². The largest absolute Gasteiger partial charge is 0.416 e. The van der Waals surface area contributed by atoms with Gasteiger partial charge in [0, 0.05) is 22.6 Å². The van der Waals surface area contributed by atoms with Crippen LogP contribution in [0, 0.1) is 0 Å². The maximum absolute atomic E-state index is 12.3. The van der Waals surface area contributed by atoms with Crippen LogP contribution >= 0.6 is 35.0 Å². The van der Waals surface area contributed by atoms with Crippen LogP contribution in [0.4, 0.5) is 5.69 Å². The van der Waals surface area contributed by atoms with Gasteiger partial charge >= 0.3 is 0 Å². The molecular formula is C23H17Cl2N3O2S. The third-order valence-corrected chi connectivity index (χ3v) is 6.07. The van der Waals surface area contributed by atoms with Crippen molar-refractivity contribution in [3.05, 3.63) is 88.4 Å². The van der Waals surface area contributed by atoms with E-state index in [2.05, 4.69) is 15.5 Å². The molecule has 1 amide bonds. The van der Waals surface area contributed by atoms with Gasteiger partial charge in [-0.05, 0) is 48.0 Å². The first-order valence-corrected chi connectivity index (χ1v) is 11.3. The number of thioether (sulfide) groups is 1. The Morgan fingerprint density at radius 1 is 0.871 bits per heavy atom. The Morgan fingerprint density at radius 2 is 1.61 bits per heavy atom. The minimum absolute atomic E-state index is 0.0993. The zero-order valence-corrected chi connectivity index (χ0v) is 18.5. The van der Waals surface area contributed by atoms with E-state index < -0.39 is 0 Å². The number of aromatic nitrogens is 2. The Hall–Kier alpha value is -2.80. The zero-order valence-electron chi connectivity index (χ0n) is 16.2. The number of nitrogens with zero attached hydrogens (tertiary/aromatic N) is 2. The molecule has 0 bridgehead atoms. The van der Waals surface area contributed by atoms with E-state index >= 15 is 0 Å². The molecule has 0 fully saturated rings. The van der Waals surface area contributed by atoms with E-state index in [4.69, 9.17) is 27.6 Å². The topological polar surface area (TPSA) is 68.0 Å². The molecule has 1 aromatic heterocycles. The number of hydrogen-bond donors (Lipinski definition) is 1. The molecule has 5 nitrogen and oxygen atoms in total. The number of halogens is 2. The number of amides is 1. The van der Waals surface area contributed by atoms with Crippen molar-refractivity contribution in [1.29, 1.82) is 0 Å². The second-order valence-electron chi connectivity index (χ2n) is 6.65. The summed E-state index contributed by atoms with van der Waals surface area (Å²) >= 11 is 13.4. The predicted octanol–water partition coefficient (Wildman–Crippen LogP) is 6.58. The fourth-order valence-corrected chi connectivity index (χ4v) is 3.95. The lowest BCUT2D eigenvalue weighted by molar-refractivity contribution is -0.113. The van der Waals surface area contributed by atoms with Crippen molar-refractivity contribution in [2.75, 3.05) is 11.1 Å². The molecule has 156 valence electrons. The average Bonchev–Trinajstić information content (AvgIpc) is 3.27. The normalized spacial score (nSPS) is 10.8. The molecule has 0 unspecified atom stereocenters. The predicted molar refractivity (Wildman–Crippen MR) is 126 cm³/mol. The van der Waals surface area contributed by atoms with Crippen LogP contribution in [0.15, 0.2) is 77.2 Å². The van der Waals surface area contributed by atoms with Gasteiger partial charge in [0.15, 0.2) is 0 Å². The molecule has 0 saturated carbocycles. The smallest absolute Gasteiger partial charge is 0.248 e. The summed E-state index contributed by atoms with van der Waals surface area (Å²) in [6, 6.07) is 22.3. The summed E-state index contributed by atoms with van der Waals surface area (Å²) in [5.74, 6) is 1.71. The quantitative estimate of drug-likeness (QED) is 0.330. The summed E-state index contributed by atoms with van der Waals surface area (Å²) < 4.78 is 5.79. The van der Waals surface area contributed by atoms with Crippen LogP contribution in [0.5, 0.6) is 0 Å². The van der Waals surface area contributed by atoms with Gasteiger partial charge in [-0.1, -0.05) is 53.5 Å². The Bertz CT molecular complexity index is 1200. The summed E-state index contributed by atoms with van der Waals surface area (Å²) in [5.41, 5.74) is 3.26. The Kier molecular flexibility index (Phi) is 6.92. The van der Waals surface area contributed by atoms with Crippen LogP contribution in [0.25, 0.3) is 22.9 Å². The molecular weight excluding hydrogens is 453 g/mol. The Labute approximate surface area is 193 Å². The minimum atomic E-state index is -0.0993.